The van der Waals surface area contributed by atoms with E-state index in [0.29, 0.717) is 23.1 Å². The van der Waals surface area contributed by atoms with Crippen LogP contribution in [0.25, 0.3) is 5.00 Å². The molecule has 2 N–H and O–H groups in total. The lowest BCUT2D eigenvalue weighted by molar-refractivity contribution is -0.116. The average molecular weight is 773 g/mol. The third-order valence-corrected chi connectivity index (χ3v) is 15.4. The van der Waals surface area contributed by atoms with Gasteiger partial charge in [-0.2, -0.15) is 0 Å². The summed E-state index contributed by atoms with van der Waals surface area (Å²) in [7, 11) is -2.11. The van der Waals surface area contributed by atoms with E-state index in [1.807, 2.05) is 74.7 Å². The van der Waals surface area contributed by atoms with E-state index in [4.69, 9.17) is 25.8 Å². The topological polar surface area (TPSA) is 120 Å². The highest BCUT2D eigenvalue weighted by Crippen LogP contribution is 2.40. The van der Waals surface area contributed by atoms with Crippen LogP contribution in [0.1, 0.15) is 98.3 Å². The number of carbonyl (C=O) groups is 2. The number of benzene rings is 2. The molecule has 0 saturated heterocycles. The molecule has 1 aliphatic rings. The van der Waals surface area contributed by atoms with Gasteiger partial charge < -0.3 is 19.8 Å². The second-order valence-electron chi connectivity index (χ2n) is 15.7. The van der Waals surface area contributed by atoms with Crippen LogP contribution in [0.4, 0.5) is 10.5 Å². The first kappa shape index (κ1) is 39.9. The highest BCUT2D eigenvalue weighted by atomic mass is 35.5. The Morgan fingerprint density at radius 1 is 1.02 bits per heavy atom. The standard InChI is InChI=1S/C40H49ClN6O4SSi/c1-24-25(2)52-37-34(24)35(28-14-17-30(41)18-15-28)44-32(36-46-45-26(3)47(36)37)22-33(48)43-31-19-16-27(13-12-20-42-38(49)51-39(4,5)6)29(21-31)23-50-53(10,11)40(7,8)9/h14-19,21,32H,20,22-23H2,1-11H3,(H,42,49)(H,43,48)/t32-/m0/s1. The van der Waals surface area contributed by atoms with Gasteiger partial charge in [0.2, 0.25) is 5.91 Å². The number of carbonyl (C=O) groups excluding carboxylic acids is 2. The van der Waals surface area contributed by atoms with E-state index >= 15 is 0 Å². The van der Waals surface area contributed by atoms with Crippen molar-refractivity contribution in [2.24, 2.45) is 4.99 Å². The lowest BCUT2D eigenvalue weighted by atomic mass is 9.99. The molecule has 13 heteroatoms. The van der Waals surface area contributed by atoms with Crippen LogP contribution < -0.4 is 10.6 Å². The van der Waals surface area contributed by atoms with Gasteiger partial charge in [-0.25, -0.2) is 4.79 Å². The fraction of sp³-hybridized carbons (Fsp3) is 0.425. The van der Waals surface area contributed by atoms with Gasteiger partial charge in [-0.15, -0.1) is 21.5 Å². The number of fused-ring (bicyclic) bond motifs is 3. The number of thiophene rings is 1. The Labute approximate surface area is 322 Å². The number of aromatic nitrogens is 3. The highest BCUT2D eigenvalue weighted by Gasteiger charge is 2.37. The van der Waals surface area contributed by atoms with Gasteiger partial charge in [0.15, 0.2) is 14.1 Å². The Morgan fingerprint density at radius 2 is 1.72 bits per heavy atom. The Hall–Kier alpha value is -4.28. The van der Waals surface area contributed by atoms with Crippen LogP contribution >= 0.6 is 22.9 Å². The van der Waals surface area contributed by atoms with Crippen molar-refractivity contribution in [2.75, 3.05) is 11.9 Å². The maximum atomic E-state index is 13.9. The molecular weight excluding hydrogens is 724 g/mol. The molecule has 2 aromatic carbocycles. The summed E-state index contributed by atoms with van der Waals surface area (Å²) >= 11 is 7.93. The summed E-state index contributed by atoms with van der Waals surface area (Å²) in [5.41, 5.74) is 5.41. The van der Waals surface area contributed by atoms with Crippen LogP contribution in [-0.4, -0.2) is 52.9 Å². The number of amides is 2. The maximum absolute atomic E-state index is 13.9. The fourth-order valence-corrected chi connectivity index (χ4v) is 7.77. The summed E-state index contributed by atoms with van der Waals surface area (Å²) in [6.45, 7) is 23.0. The van der Waals surface area contributed by atoms with Crippen LogP contribution in [0, 0.1) is 32.6 Å². The van der Waals surface area contributed by atoms with Crippen molar-refractivity contribution in [1.29, 1.82) is 0 Å². The molecule has 0 radical (unpaired) electrons. The van der Waals surface area contributed by atoms with Crippen molar-refractivity contribution < 1.29 is 18.8 Å². The number of aliphatic imine (C=N–C) groups is 1. The molecule has 1 atom stereocenters. The molecule has 53 heavy (non-hydrogen) atoms. The number of nitrogens with one attached hydrogen (secondary N) is 2. The van der Waals surface area contributed by atoms with Crippen molar-refractivity contribution in [3.8, 4) is 16.8 Å². The predicted molar refractivity (Wildman–Crippen MR) is 216 cm³/mol. The molecule has 4 aromatic rings. The highest BCUT2D eigenvalue weighted by molar-refractivity contribution is 7.15. The van der Waals surface area contributed by atoms with Gasteiger partial charge in [-0.1, -0.05) is 56.3 Å². The number of anilines is 1. The van der Waals surface area contributed by atoms with Crippen molar-refractivity contribution in [2.45, 2.75) is 105 Å². The lowest BCUT2D eigenvalue weighted by Gasteiger charge is -2.36. The number of halogens is 1. The Kier molecular flexibility index (Phi) is 11.7. The van der Waals surface area contributed by atoms with Gasteiger partial charge in [-0.05, 0) is 101 Å². The minimum Gasteiger partial charge on any atom is -0.444 e. The summed E-state index contributed by atoms with van der Waals surface area (Å²) in [4.78, 5) is 32.4. The molecule has 1 aliphatic heterocycles. The molecule has 280 valence electrons. The average Bonchev–Trinajstić information content (AvgIpc) is 3.53. The van der Waals surface area contributed by atoms with E-state index in [9.17, 15) is 9.59 Å². The Balaban J connectivity index is 1.43. The van der Waals surface area contributed by atoms with Crippen molar-refractivity contribution in [1.82, 2.24) is 20.1 Å². The molecule has 0 unspecified atom stereocenters. The van der Waals surface area contributed by atoms with Crippen LogP contribution in [0.5, 0.6) is 0 Å². The first-order chi connectivity index (χ1) is 24.7. The first-order valence-corrected chi connectivity index (χ1v) is 21.7. The summed E-state index contributed by atoms with van der Waals surface area (Å²) in [6.07, 6.45) is -0.491. The zero-order valence-electron chi connectivity index (χ0n) is 32.4. The van der Waals surface area contributed by atoms with Gasteiger partial charge in [0.1, 0.15) is 22.5 Å². The number of hydrogen-bond acceptors (Lipinski definition) is 8. The fourth-order valence-electron chi connectivity index (χ4n) is 5.48. The monoisotopic (exact) mass is 772 g/mol. The summed E-state index contributed by atoms with van der Waals surface area (Å²) in [6, 6.07) is 12.6. The SMILES string of the molecule is Cc1sc2c(c1C)C(c1ccc(Cl)cc1)=N[C@@H](CC(=O)Nc1ccc(C#CCNC(=O)OC(C)(C)C)c(CO[Si](C)(C)C(C)(C)C)c1)c1nnc(C)n1-2. The van der Waals surface area contributed by atoms with Crippen LogP contribution in [-0.2, 0) is 20.6 Å². The van der Waals surface area contributed by atoms with Gasteiger partial charge in [0, 0.05) is 32.3 Å². The van der Waals surface area contributed by atoms with Gasteiger partial charge in [0.25, 0.3) is 0 Å². The minimum absolute atomic E-state index is 0.00556. The summed E-state index contributed by atoms with van der Waals surface area (Å²) in [5, 5.41) is 16.4. The smallest absolute Gasteiger partial charge is 0.408 e. The number of ether oxygens (including phenoxy) is 1. The van der Waals surface area contributed by atoms with Crippen LogP contribution in [0.2, 0.25) is 23.2 Å². The van der Waals surface area contributed by atoms with Crippen molar-refractivity contribution in [3.63, 3.8) is 0 Å². The van der Waals surface area contributed by atoms with E-state index in [2.05, 4.69) is 80.4 Å². The minimum atomic E-state index is -2.11. The Morgan fingerprint density at radius 3 is 2.38 bits per heavy atom. The molecule has 2 aromatic heterocycles. The predicted octanol–water partition coefficient (Wildman–Crippen LogP) is 9.23. The molecule has 2 amide bonds. The summed E-state index contributed by atoms with van der Waals surface area (Å²) in [5.74, 6) is 7.30. The molecule has 0 saturated carbocycles. The van der Waals surface area contributed by atoms with E-state index in [0.717, 1.165) is 44.4 Å². The number of hydrogen-bond donors (Lipinski definition) is 2. The third-order valence-electron chi connectivity index (χ3n) is 9.46. The largest absolute Gasteiger partial charge is 0.444 e. The molecule has 0 spiro atoms. The van der Waals surface area contributed by atoms with Crippen molar-refractivity contribution in [3.05, 3.63) is 91.8 Å². The molecule has 0 bridgehead atoms. The van der Waals surface area contributed by atoms with Gasteiger partial charge in [0.05, 0.1) is 25.3 Å². The quantitative estimate of drug-likeness (QED) is 0.136. The van der Waals surface area contributed by atoms with E-state index in [1.165, 1.54) is 4.88 Å². The summed E-state index contributed by atoms with van der Waals surface area (Å²) < 4.78 is 13.9. The number of rotatable bonds is 8. The zero-order chi connectivity index (χ0) is 38.9. The maximum Gasteiger partial charge on any atom is 0.408 e. The lowest BCUT2D eigenvalue weighted by Crippen LogP contribution is -2.40. The molecular formula is C40H49ClN6O4SSi. The zero-order valence-corrected chi connectivity index (χ0v) is 35.0. The van der Waals surface area contributed by atoms with E-state index in [1.54, 1.807) is 11.3 Å². The van der Waals surface area contributed by atoms with E-state index in [-0.39, 0.29) is 23.9 Å². The van der Waals surface area contributed by atoms with Crippen LogP contribution in [0.3, 0.4) is 0 Å². The molecule has 0 fully saturated rings. The second-order valence-corrected chi connectivity index (χ2v) is 22.2. The van der Waals surface area contributed by atoms with Crippen molar-refractivity contribution >= 4 is 54.7 Å². The molecule has 0 aliphatic carbocycles. The normalized spacial score (nSPS) is 14.3. The molecule has 5 rings (SSSR count). The molecule has 3 heterocycles. The Bertz CT molecular complexity index is 2110. The first-order valence-electron chi connectivity index (χ1n) is 17.6. The van der Waals surface area contributed by atoms with Gasteiger partial charge in [-0.3, -0.25) is 14.4 Å². The van der Waals surface area contributed by atoms with Crippen LogP contribution in [0.15, 0.2) is 47.5 Å². The third kappa shape index (κ3) is 9.45. The number of alkyl carbamates (subject to hydrolysis) is 1. The second kappa shape index (κ2) is 15.6. The number of nitrogens with zero attached hydrogens (tertiary/aromatic N) is 4. The van der Waals surface area contributed by atoms with E-state index < -0.39 is 26.1 Å². The molecule has 10 nitrogen and oxygen atoms in total. The number of aryl methyl sites for hydroxylation is 2. The van der Waals surface area contributed by atoms with Gasteiger partial charge >= 0.3 is 6.09 Å².